The van der Waals surface area contributed by atoms with Gasteiger partial charge in [0.15, 0.2) is 17.3 Å². The van der Waals surface area contributed by atoms with Gasteiger partial charge in [-0.2, -0.15) is 0 Å². The van der Waals surface area contributed by atoms with Crippen LogP contribution in [0.2, 0.25) is 0 Å². The van der Waals surface area contributed by atoms with Crippen molar-refractivity contribution in [2.45, 2.75) is 6.92 Å². The summed E-state index contributed by atoms with van der Waals surface area (Å²) in [7, 11) is 10.1. The van der Waals surface area contributed by atoms with Crippen molar-refractivity contribution in [3.05, 3.63) is 47.0 Å². The van der Waals surface area contributed by atoms with Crippen molar-refractivity contribution < 1.29 is 23.7 Å². The first-order valence-electron chi connectivity index (χ1n) is 8.74. The van der Waals surface area contributed by atoms with Gasteiger partial charge >= 0.3 is 0 Å². The molecular weight excluding hydrogens is 358 g/mol. The van der Waals surface area contributed by atoms with Gasteiger partial charge in [-0.1, -0.05) is 6.07 Å². The van der Waals surface area contributed by atoms with Crippen LogP contribution >= 0.6 is 0 Å². The van der Waals surface area contributed by atoms with E-state index in [2.05, 4.69) is 0 Å². The summed E-state index contributed by atoms with van der Waals surface area (Å²) >= 11 is 0. The largest absolute Gasteiger partial charge is 0.497 e. The quantitative estimate of drug-likeness (QED) is 0.504. The normalized spacial score (nSPS) is 11.0. The van der Waals surface area contributed by atoms with Gasteiger partial charge < -0.3 is 23.8 Å². The Bertz CT molecular complexity index is 887. The summed E-state index contributed by atoms with van der Waals surface area (Å²) in [6, 6.07) is 9.10. The van der Waals surface area contributed by atoms with Crippen LogP contribution in [0.25, 0.3) is 6.08 Å². The van der Waals surface area contributed by atoms with E-state index in [-0.39, 0.29) is 5.78 Å². The van der Waals surface area contributed by atoms with Crippen molar-refractivity contribution in [1.29, 1.82) is 0 Å². The SMILES string of the molecule is COc1cc(OC)c(OC)c(C(=O)C(C)=Cc2ccc(OC)c(N(C)C)c2)c1. The molecule has 0 saturated heterocycles. The zero-order valence-corrected chi connectivity index (χ0v) is 17.5. The predicted molar refractivity (Wildman–Crippen MR) is 111 cm³/mol. The van der Waals surface area contributed by atoms with Crippen molar-refractivity contribution >= 4 is 17.5 Å². The number of hydrogen-bond donors (Lipinski definition) is 0. The van der Waals surface area contributed by atoms with Crippen LogP contribution in [0.3, 0.4) is 0 Å². The average Bonchev–Trinajstić information content (AvgIpc) is 2.71. The number of benzene rings is 2. The number of carbonyl (C=O) groups is 1. The van der Waals surface area contributed by atoms with E-state index in [9.17, 15) is 4.79 Å². The van der Waals surface area contributed by atoms with Crippen molar-refractivity contribution in [2.24, 2.45) is 0 Å². The van der Waals surface area contributed by atoms with E-state index in [0.717, 1.165) is 17.0 Å². The number of ether oxygens (including phenoxy) is 4. The smallest absolute Gasteiger partial charge is 0.192 e. The Morgan fingerprint density at radius 3 is 2.11 bits per heavy atom. The highest BCUT2D eigenvalue weighted by atomic mass is 16.5. The molecule has 0 aliphatic carbocycles. The maximum atomic E-state index is 13.1. The average molecular weight is 385 g/mol. The molecule has 0 aromatic heterocycles. The lowest BCUT2D eigenvalue weighted by molar-refractivity contribution is 0.103. The zero-order valence-electron chi connectivity index (χ0n) is 17.5. The first-order valence-corrected chi connectivity index (χ1v) is 8.74. The van der Waals surface area contributed by atoms with Crippen molar-refractivity contribution in [2.75, 3.05) is 47.4 Å². The Balaban J connectivity index is 2.49. The van der Waals surface area contributed by atoms with Crippen molar-refractivity contribution in [1.82, 2.24) is 0 Å². The minimum Gasteiger partial charge on any atom is -0.497 e. The van der Waals surface area contributed by atoms with Gasteiger partial charge in [0.05, 0.1) is 39.7 Å². The van der Waals surface area contributed by atoms with E-state index < -0.39 is 0 Å². The molecule has 0 N–H and O–H groups in total. The molecule has 6 heteroatoms. The summed E-state index contributed by atoms with van der Waals surface area (Å²) in [5.41, 5.74) is 2.76. The monoisotopic (exact) mass is 385 g/mol. The number of nitrogens with zero attached hydrogens (tertiary/aromatic N) is 1. The Kier molecular flexibility index (Phi) is 6.93. The number of anilines is 1. The minimum absolute atomic E-state index is 0.170. The Morgan fingerprint density at radius 1 is 0.893 bits per heavy atom. The molecule has 0 bridgehead atoms. The molecule has 0 fully saturated rings. The van der Waals surface area contributed by atoms with Crippen molar-refractivity contribution in [3.63, 3.8) is 0 Å². The Morgan fingerprint density at radius 2 is 1.57 bits per heavy atom. The Hall–Kier alpha value is -3.15. The number of ketones is 1. The summed E-state index contributed by atoms with van der Waals surface area (Å²) < 4.78 is 21.4. The summed E-state index contributed by atoms with van der Waals surface area (Å²) in [6.07, 6.45) is 1.83. The summed E-state index contributed by atoms with van der Waals surface area (Å²) in [5, 5.41) is 0. The van der Waals surface area contributed by atoms with E-state index in [0.29, 0.717) is 28.4 Å². The Labute approximate surface area is 166 Å². The molecule has 0 aliphatic rings. The highest BCUT2D eigenvalue weighted by Crippen LogP contribution is 2.37. The van der Waals surface area contributed by atoms with Crippen LogP contribution < -0.4 is 23.8 Å². The first-order chi connectivity index (χ1) is 13.4. The van der Waals surface area contributed by atoms with Gasteiger partial charge in [0, 0.05) is 20.2 Å². The summed E-state index contributed by atoms with van der Waals surface area (Å²) in [6.45, 7) is 1.77. The van der Waals surface area contributed by atoms with Gasteiger partial charge in [0.1, 0.15) is 11.5 Å². The zero-order chi connectivity index (χ0) is 20.8. The van der Waals surface area contributed by atoms with Crippen molar-refractivity contribution in [3.8, 4) is 23.0 Å². The molecule has 0 unspecified atom stereocenters. The third-order valence-electron chi connectivity index (χ3n) is 4.36. The molecule has 150 valence electrons. The van der Waals surface area contributed by atoms with E-state index in [1.807, 2.05) is 43.3 Å². The molecule has 0 heterocycles. The number of carbonyl (C=O) groups excluding carboxylic acids is 1. The second-order valence-corrected chi connectivity index (χ2v) is 6.39. The van der Waals surface area contributed by atoms with Gasteiger partial charge in [-0.25, -0.2) is 0 Å². The lowest BCUT2D eigenvalue weighted by Gasteiger charge is -2.17. The van der Waals surface area contributed by atoms with Crippen LogP contribution in [-0.2, 0) is 0 Å². The third kappa shape index (κ3) is 4.39. The van der Waals surface area contributed by atoms with E-state index >= 15 is 0 Å². The van der Waals surface area contributed by atoms with E-state index in [1.54, 1.807) is 33.3 Å². The standard InChI is InChI=1S/C22H27NO5/c1-14(10-15-8-9-19(26-5)18(11-15)23(2)3)21(24)17-12-16(25-4)13-20(27-6)22(17)28-7/h8-13H,1-7H3. The molecule has 0 atom stereocenters. The second kappa shape index (κ2) is 9.17. The van der Waals surface area contributed by atoms with Crippen LogP contribution in [0.1, 0.15) is 22.8 Å². The number of allylic oxidation sites excluding steroid dienone is 1. The van der Waals surface area contributed by atoms with Crippen LogP contribution in [0.5, 0.6) is 23.0 Å². The molecule has 2 aromatic rings. The molecule has 0 amide bonds. The lowest BCUT2D eigenvalue weighted by Crippen LogP contribution is -2.10. The molecule has 28 heavy (non-hydrogen) atoms. The summed E-state index contributed by atoms with van der Waals surface area (Å²) in [5.74, 6) is 1.94. The van der Waals surface area contributed by atoms with Crippen LogP contribution in [0.4, 0.5) is 5.69 Å². The summed E-state index contributed by atoms with van der Waals surface area (Å²) in [4.78, 5) is 15.1. The number of rotatable bonds is 8. The van der Waals surface area contributed by atoms with Crippen LogP contribution in [-0.4, -0.2) is 48.3 Å². The molecule has 2 aromatic carbocycles. The van der Waals surface area contributed by atoms with Gasteiger partial charge in [-0.15, -0.1) is 0 Å². The van der Waals surface area contributed by atoms with Gasteiger partial charge in [0.25, 0.3) is 0 Å². The van der Waals surface area contributed by atoms with E-state index in [4.69, 9.17) is 18.9 Å². The molecule has 0 aliphatic heterocycles. The fourth-order valence-corrected chi connectivity index (χ4v) is 2.90. The second-order valence-electron chi connectivity index (χ2n) is 6.39. The maximum absolute atomic E-state index is 13.1. The number of hydrogen-bond acceptors (Lipinski definition) is 6. The van der Waals surface area contributed by atoms with E-state index in [1.165, 1.54) is 14.2 Å². The highest BCUT2D eigenvalue weighted by molar-refractivity contribution is 6.13. The maximum Gasteiger partial charge on any atom is 0.192 e. The van der Waals surface area contributed by atoms with Gasteiger partial charge in [-0.3, -0.25) is 4.79 Å². The molecule has 0 spiro atoms. The van der Waals surface area contributed by atoms with Crippen LogP contribution in [0, 0.1) is 0 Å². The molecule has 2 rings (SSSR count). The third-order valence-corrected chi connectivity index (χ3v) is 4.36. The molecular formula is C22H27NO5. The van der Waals surface area contributed by atoms with Crippen LogP contribution in [0.15, 0.2) is 35.9 Å². The molecule has 0 radical (unpaired) electrons. The lowest BCUT2D eigenvalue weighted by atomic mass is 10.00. The fourth-order valence-electron chi connectivity index (χ4n) is 2.90. The molecule has 6 nitrogen and oxygen atoms in total. The molecule has 0 saturated carbocycles. The number of Topliss-reactive ketones (excluding diaryl/α,β-unsaturated/α-hetero) is 1. The van der Waals surface area contributed by atoms with Gasteiger partial charge in [0.2, 0.25) is 0 Å². The van der Waals surface area contributed by atoms with Gasteiger partial charge in [-0.05, 0) is 42.3 Å². The number of methoxy groups -OCH3 is 4. The minimum atomic E-state index is -0.170. The first kappa shape index (κ1) is 21.2. The highest BCUT2D eigenvalue weighted by Gasteiger charge is 2.20. The fraction of sp³-hybridized carbons (Fsp3) is 0.318. The topological polar surface area (TPSA) is 57.2 Å². The predicted octanol–water partition coefficient (Wildman–Crippen LogP) is 4.07.